The highest BCUT2D eigenvalue weighted by atomic mass is 16.2. The Morgan fingerprint density at radius 2 is 1.63 bits per heavy atom. The van der Waals surface area contributed by atoms with Gasteiger partial charge in [-0.15, -0.1) is 0 Å². The van der Waals surface area contributed by atoms with E-state index in [9.17, 15) is 9.59 Å². The lowest BCUT2D eigenvalue weighted by Crippen LogP contribution is -2.42. The molecular formula is C14H19N3O2. The molecule has 0 aliphatic carbocycles. The van der Waals surface area contributed by atoms with Crippen LogP contribution in [0.4, 0.5) is 0 Å². The van der Waals surface area contributed by atoms with Gasteiger partial charge < -0.3 is 0 Å². The fourth-order valence-electron chi connectivity index (χ4n) is 2.36. The lowest BCUT2D eigenvalue weighted by Gasteiger charge is -2.19. The first kappa shape index (κ1) is 13.5. The van der Waals surface area contributed by atoms with Crippen LogP contribution < -0.4 is 11.2 Å². The van der Waals surface area contributed by atoms with E-state index >= 15 is 0 Å². The molecule has 0 saturated heterocycles. The van der Waals surface area contributed by atoms with Crippen molar-refractivity contribution in [1.82, 2.24) is 14.1 Å². The lowest BCUT2D eigenvalue weighted by molar-refractivity contribution is 0.487. The first-order valence-electron chi connectivity index (χ1n) is 6.48. The van der Waals surface area contributed by atoms with Crippen LogP contribution in [-0.2, 0) is 0 Å². The van der Waals surface area contributed by atoms with Crippen molar-refractivity contribution in [2.75, 3.05) is 0 Å². The lowest BCUT2D eigenvalue weighted by atomic mass is 10.2. The summed E-state index contributed by atoms with van der Waals surface area (Å²) in [5.74, 6) is 0. The minimum atomic E-state index is -0.310. The standard InChI is InChI=1S/C14H19N3O2/c1-8(2)16-12-10(5)6-7-15-11(12)13(18)17(9(3)4)14(16)19/h6-9H,1-5H3. The van der Waals surface area contributed by atoms with E-state index in [0.29, 0.717) is 11.0 Å². The minimum absolute atomic E-state index is 0.0245. The highest BCUT2D eigenvalue weighted by molar-refractivity contribution is 5.77. The summed E-state index contributed by atoms with van der Waals surface area (Å²) in [5, 5.41) is 0. The van der Waals surface area contributed by atoms with E-state index in [1.807, 2.05) is 40.7 Å². The molecule has 0 spiro atoms. The Balaban J connectivity index is 3.14. The molecule has 0 radical (unpaired) electrons. The second-order valence-corrected chi connectivity index (χ2v) is 5.34. The molecule has 0 aromatic carbocycles. The van der Waals surface area contributed by atoms with Gasteiger partial charge in [0, 0.05) is 18.3 Å². The molecule has 2 aromatic rings. The molecule has 0 fully saturated rings. The topological polar surface area (TPSA) is 56.9 Å². The number of nitrogens with zero attached hydrogens (tertiary/aromatic N) is 3. The van der Waals surface area contributed by atoms with Crippen molar-refractivity contribution in [3.8, 4) is 0 Å². The highest BCUT2D eigenvalue weighted by Crippen LogP contribution is 2.15. The van der Waals surface area contributed by atoms with Crippen LogP contribution in [0.3, 0.4) is 0 Å². The third kappa shape index (κ3) is 1.99. The normalized spacial score (nSPS) is 11.7. The largest absolute Gasteiger partial charge is 0.332 e. The first-order valence-corrected chi connectivity index (χ1v) is 6.48. The fourth-order valence-corrected chi connectivity index (χ4v) is 2.36. The van der Waals surface area contributed by atoms with E-state index in [1.165, 1.54) is 4.57 Å². The number of rotatable bonds is 2. The zero-order valence-corrected chi connectivity index (χ0v) is 12.0. The van der Waals surface area contributed by atoms with Crippen LogP contribution in [-0.4, -0.2) is 14.1 Å². The molecule has 0 unspecified atom stereocenters. The number of aryl methyl sites for hydroxylation is 1. The van der Waals surface area contributed by atoms with Gasteiger partial charge >= 0.3 is 5.69 Å². The maximum atomic E-state index is 12.5. The fraction of sp³-hybridized carbons (Fsp3) is 0.500. The molecule has 2 heterocycles. The van der Waals surface area contributed by atoms with Crippen molar-refractivity contribution >= 4 is 11.0 Å². The smallest absolute Gasteiger partial charge is 0.289 e. The summed E-state index contributed by atoms with van der Waals surface area (Å²) in [6.45, 7) is 9.41. The Morgan fingerprint density at radius 1 is 1.05 bits per heavy atom. The van der Waals surface area contributed by atoms with Crippen molar-refractivity contribution in [3.05, 3.63) is 38.7 Å². The average molecular weight is 261 g/mol. The molecule has 19 heavy (non-hydrogen) atoms. The molecule has 0 aliphatic heterocycles. The van der Waals surface area contributed by atoms with Crippen molar-refractivity contribution in [1.29, 1.82) is 0 Å². The first-order chi connectivity index (χ1) is 8.86. The zero-order chi connectivity index (χ0) is 14.3. The van der Waals surface area contributed by atoms with E-state index in [2.05, 4.69) is 4.98 Å². The summed E-state index contributed by atoms with van der Waals surface area (Å²) in [6.07, 6.45) is 1.61. The number of aromatic nitrogens is 3. The zero-order valence-electron chi connectivity index (χ0n) is 12.0. The van der Waals surface area contributed by atoms with E-state index in [-0.39, 0.29) is 23.3 Å². The molecular weight excluding hydrogens is 242 g/mol. The molecule has 0 N–H and O–H groups in total. The minimum Gasteiger partial charge on any atom is -0.289 e. The van der Waals surface area contributed by atoms with Gasteiger partial charge in [0.25, 0.3) is 5.56 Å². The van der Waals surface area contributed by atoms with E-state index in [0.717, 1.165) is 5.56 Å². The molecule has 0 aliphatic rings. The van der Waals surface area contributed by atoms with Crippen LogP contribution in [0.5, 0.6) is 0 Å². The van der Waals surface area contributed by atoms with Crippen LogP contribution in [0.2, 0.25) is 0 Å². The van der Waals surface area contributed by atoms with Gasteiger partial charge in [0.2, 0.25) is 0 Å². The molecule has 2 rings (SSSR count). The predicted molar refractivity (Wildman–Crippen MR) is 75.8 cm³/mol. The second kappa shape index (κ2) is 4.64. The summed E-state index contributed by atoms with van der Waals surface area (Å²) in [5.41, 5.74) is 1.32. The quantitative estimate of drug-likeness (QED) is 0.831. The Bertz CT molecular complexity index is 739. The monoisotopic (exact) mass is 261 g/mol. The van der Waals surface area contributed by atoms with Crippen molar-refractivity contribution in [2.24, 2.45) is 0 Å². The molecule has 2 aromatic heterocycles. The SMILES string of the molecule is Cc1ccnc2c(=O)n(C(C)C)c(=O)n(C(C)C)c12. The van der Waals surface area contributed by atoms with Gasteiger partial charge in [-0.3, -0.25) is 13.9 Å². The molecule has 0 atom stereocenters. The van der Waals surface area contributed by atoms with Crippen LogP contribution in [0, 0.1) is 6.92 Å². The summed E-state index contributed by atoms with van der Waals surface area (Å²) in [7, 11) is 0. The van der Waals surface area contributed by atoms with Gasteiger partial charge in [-0.1, -0.05) is 0 Å². The van der Waals surface area contributed by atoms with Gasteiger partial charge in [0.05, 0.1) is 5.52 Å². The third-order valence-electron chi connectivity index (χ3n) is 3.23. The van der Waals surface area contributed by atoms with Gasteiger partial charge in [0.1, 0.15) is 0 Å². The van der Waals surface area contributed by atoms with Gasteiger partial charge in [-0.25, -0.2) is 9.78 Å². The van der Waals surface area contributed by atoms with Crippen molar-refractivity contribution in [3.63, 3.8) is 0 Å². The Labute approximate surface area is 111 Å². The maximum Gasteiger partial charge on any atom is 0.332 e. The van der Waals surface area contributed by atoms with Crippen LogP contribution in [0.15, 0.2) is 21.9 Å². The average Bonchev–Trinajstić information content (AvgIpc) is 2.29. The molecule has 0 amide bonds. The number of pyridine rings is 1. The second-order valence-electron chi connectivity index (χ2n) is 5.34. The highest BCUT2D eigenvalue weighted by Gasteiger charge is 2.18. The molecule has 0 bridgehead atoms. The Kier molecular flexibility index (Phi) is 3.30. The van der Waals surface area contributed by atoms with Crippen LogP contribution >= 0.6 is 0 Å². The van der Waals surface area contributed by atoms with Crippen molar-refractivity contribution in [2.45, 2.75) is 46.7 Å². The van der Waals surface area contributed by atoms with Gasteiger partial charge in [-0.2, -0.15) is 0 Å². The van der Waals surface area contributed by atoms with Gasteiger partial charge in [-0.05, 0) is 46.2 Å². The molecule has 5 nitrogen and oxygen atoms in total. The van der Waals surface area contributed by atoms with Crippen LogP contribution in [0.25, 0.3) is 11.0 Å². The number of hydrogen-bond donors (Lipinski definition) is 0. The third-order valence-corrected chi connectivity index (χ3v) is 3.23. The Morgan fingerprint density at radius 3 is 2.16 bits per heavy atom. The summed E-state index contributed by atoms with van der Waals surface area (Å²) < 4.78 is 2.92. The maximum absolute atomic E-state index is 12.5. The summed E-state index contributed by atoms with van der Waals surface area (Å²) >= 11 is 0. The summed E-state index contributed by atoms with van der Waals surface area (Å²) in [4.78, 5) is 29.1. The van der Waals surface area contributed by atoms with Crippen LogP contribution in [0.1, 0.15) is 45.3 Å². The summed E-state index contributed by atoms with van der Waals surface area (Å²) in [6, 6.07) is 1.61. The molecule has 5 heteroatoms. The van der Waals surface area contributed by atoms with Crippen molar-refractivity contribution < 1.29 is 0 Å². The molecule has 0 saturated carbocycles. The Hall–Kier alpha value is -1.91. The number of fused-ring (bicyclic) bond motifs is 1. The van der Waals surface area contributed by atoms with E-state index in [4.69, 9.17) is 0 Å². The van der Waals surface area contributed by atoms with E-state index < -0.39 is 0 Å². The van der Waals surface area contributed by atoms with E-state index in [1.54, 1.807) is 10.8 Å². The number of hydrogen-bond acceptors (Lipinski definition) is 3. The molecule has 102 valence electrons. The predicted octanol–water partition coefficient (Wildman–Crippen LogP) is 2.03. The van der Waals surface area contributed by atoms with Gasteiger partial charge in [0.15, 0.2) is 5.52 Å².